The molecule has 2 aromatic rings. The lowest BCUT2D eigenvalue weighted by atomic mass is 10.0. The van der Waals surface area contributed by atoms with Crippen LogP contribution in [0, 0.1) is 10.1 Å². The van der Waals surface area contributed by atoms with Crippen molar-refractivity contribution in [1.29, 1.82) is 0 Å². The molecule has 3 rings (SSSR count). The van der Waals surface area contributed by atoms with Crippen LogP contribution in [0.4, 0.5) is 21.9 Å². The van der Waals surface area contributed by atoms with E-state index >= 15 is 0 Å². The van der Waals surface area contributed by atoms with Gasteiger partial charge in [0.15, 0.2) is 0 Å². The lowest BCUT2D eigenvalue weighted by Crippen LogP contribution is -2.50. The fraction of sp³-hybridized carbons (Fsp3) is 0.391. The van der Waals surface area contributed by atoms with Crippen LogP contribution in [0.5, 0.6) is 0 Å². The number of amides is 3. The number of nitrogens with zero attached hydrogens (tertiary/aromatic N) is 3. The molecule has 1 aliphatic heterocycles. The normalized spacial score (nSPS) is 14.1. The van der Waals surface area contributed by atoms with Crippen molar-refractivity contribution in [2.75, 3.05) is 36.4 Å². The smallest absolute Gasteiger partial charge is 0.321 e. The van der Waals surface area contributed by atoms with E-state index < -0.39 is 4.92 Å². The molecule has 0 bridgehead atoms. The Bertz CT molecular complexity index is 965. The summed E-state index contributed by atoms with van der Waals surface area (Å²) in [6.45, 7) is 8.31. The third-order valence-electron chi connectivity index (χ3n) is 5.73. The number of nitrogens with one attached hydrogen (secondary N) is 2. The lowest BCUT2D eigenvalue weighted by Gasteiger charge is -2.36. The first-order chi connectivity index (χ1) is 15.2. The van der Waals surface area contributed by atoms with E-state index in [-0.39, 0.29) is 23.2 Å². The van der Waals surface area contributed by atoms with Gasteiger partial charge in [-0.25, -0.2) is 4.79 Å². The molecule has 9 heteroatoms. The predicted octanol–water partition coefficient (Wildman–Crippen LogP) is 3.87. The maximum atomic E-state index is 12.6. The molecular formula is C23H29N5O4. The van der Waals surface area contributed by atoms with Gasteiger partial charge in [0.1, 0.15) is 0 Å². The molecule has 0 aliphatic carbocycles. The van der Waals surface area contributed by atoms with E-state index in [0.29, 0.717) is 37.4 Å². The topological polar surface area (TPSA) is 108 Å². The van der Waals surface area contributed by atoms with Crippen LogP contribution < -0.4 is 15.5 Å². The fourth-order valence-electron chi connectivity index (χ4n) is 3.33. The molecule has 170 valence electrons. The summed E-state index contributed by atoms with van der Waals surface area (Å²) in [5.74, 6) is -0.142. The number of nitro benzene ring substituents is 1. The number of hydrogen-bond acceptors (Lipinski definition) is 5. The molecule has 0 aromatic heterocycles. The maximum absolute atomic E-state index is 12.6. The largest absolute Gasteiger partial charge is 0.368 e. The average molecular weight is 440 g/mol. The van der Waals surface area contributed by atoms with Crippen molar-refractivity contribution in [2.45, 2.75) is 32.7 Å². The highest BCUT2D eigenvalue weighted by molar-refractivity contribution is 5.96. The van der Waals surface area contributed by atoms with Gasteiger partial charge in [-0.2, -0.15) is 0 Å². The van der Waals surface area contributed by atoms with Gasteiger partial charge < -0.3 is 20.4 Å². The van der Waals surface area contributed by atoms with Crippen LogP contribution in [0.3, 0.4) is 0 Å². The average Bonchev–Trinajstić information content (AvgIpc) is 2.79. The Morgan fingerprint density at radius 1 is 1.00 bits per heavy atom. The first-order valence-electron chi connectivity index (χ1n) is 10.7. The predicted molar refractivity (Wildman–Crippen MR) is 124 cm³/mol. The molecule has 3 amide bonds. The third kappa shape index (κ3) is 5.75. The van der Waals surface area contributed by atoms with Gasteiger partial charge in [-0.15, -0.1) is 0 Å². The molecule has 0 radical (unpaired) electrons. The molecule has 0 spiro atoms. The zero-order valence-corrected chi connectivity index (χ0v) is 18.6. The summed E-state index contributed by atoms with van der Waals surface area (Å²) >= 11 is 0. The van der Waals surface area contributed by atoms with E-state index in [1.165, 1.54) is 12.1 Å². The minimum Gasteiger partial charge on any atom is -0.368 e. The number of carbonyl (C=O) groups excluding carboxylic acids is 2. The van der Waals surface area contributed by atoms with Gasteiger partial charge in [-0.3, -0.25) is 14.9 Å². The van der Waals surface area contributed by atoms with Gasteiger partial charge >= 0.3 is 6.03 Å². The van der Waals surface area contributed by atoms with Crippen molar-refractivity contribution >= 4 is 29.0 Å². The molecule has 1 fully saturated rings. The minimum atomic E-state index is -0.420. The standard InChI is InChI=1S/C23H29N5O4/c1-4-23(2,3)25-21(29)17-5-7-18(8-6-17)24-22(30)27-15-13-26(14-16-27)19-9-11-20(12-10-19)28(31)32/h5-12H,4,13-16H2,1-3H3,(H,24,30)(H,25,29). The molecule has 2 aromatic carbocycles. The quantitative estimate of drug-likeness (QED) is 0.525. The number of piperazine rings is 1. The van der Waals surface area contributed by atoms with E-state index in [4.69, 9.17) is 0 Å². The summed E-state index contributed by atoms with van der Waals surface area (Å²) in [4.78, 5) is 39.2. The van der Waals surface area contributed by atoms with E-state index in [1.807, 2.05) is 20.8 Å². The molecule has 0 saturated carbocycles. The Morgan fingerprint density at radius 2 is 1.59 bits per heavy atom. The second-order valence-electron chi connectivity index (χ2n) is 8.45. The maximum Gasteiger partial charge on any atom is 0.321 e. The third-order valence-corrected chi connectivity index (χ3v) is 5.73. The molecule has 32 heavy (non-hydrogen) atoms. The lowest BCUT2D eigenvalue weighted by molar-refractivity contribution is -0.384. The van der Waals surface area contributed by atoms with Crippen LogP contribution in [0.2, 0.25) is 0 Å². The van der Waals surface area contributed by atoms with E-state index in [1.54, 1.807) is 41.3 Å². The number of rotatable bonds is 6. The number of urea groups is 1. The number of non-ortho nitro benzene ring substituents is 1. The summed E-state index contributed by atoms with van der Waals surface area (Å²) in [6, 6.07) is 13.1. The van der Waals surface area contributed by atoms with Crippen molar-refractivity contribution in [1.82, 2.24) is 10.2 Å². The van der Waals surface area contributed by atoms with Gasteiger partial charge in [-0.05, 0) is 56.7 Å². The van der Waals surface area contributed by atoms with Crippen LogP contribution in [-0.2, 0) is 0 Å². The molecule has 9 nitrogen and oxygen atoms in total. The summed E-state index contributed by atoms with van der Waals surface area (Å²) in [5.41, 5.74) is 1.85. The summed E-state index contributed by atoms with van der Waals surface area (Å²) in [6.07, 6.45) is 0.824. The molecule has 0 atom stereocenters. The summed E-state index contributed by atoms with van der Waals surface area (Å²) < 4.78 is 0. The van der Waals surface area contributed by atoms with Crippen molar-refractivity contribution in [3.8, 4) is 0 Å². The number of benzene rings is 2. The Hall–Kier alpha value is -3.62. The van der Waals surface area contributed by atoms with Crippen LogP contribution in [-0.4, -0.2) is 53.5 Å². The second-order valence-corrected chi connectivity index (χ2v) is 8.45. The molecule has 1 saturated heterocycles. The SMILES string of the molecule is CCC(C)(C)NC(=O)c1ccc(NC(=O)N2CCN(c3ccc([N+](=O)[O-])cc3)CC2)cc1. The highest BCUT2D eigenvalue weighted by Crippen LogP contribution is 2.21. The molecule has 0 unspecified atom stereocenters. The van der Waals surface area contributed by atoms with Gasteiger partial charge in [0.05, 0.1) is 4.92 Å². The Kier molecular flexibility index (Phi) is 6.97. The number of hydrogen-bond donors (Lipinski definition) is 2. The molecule has 2 N–H and O–H groups in total. The second kappa shape index (κ2) is 9.67. The van der Waals surface area contributed by atoms with Gasteiger partial charge in [0.2, 0.25) is 0 Å². The van der Waals surface area contributed by atoms with Crippen LogP contribution >= 0.6 is 0 Å². The van der Waals surface area contributed by atoms with E-state index in [9.17, 15) is 19.7 Å². The van der Waals surface area contributed by atoms with Crippen molar-refractivity contribution < 1.29 is 14.5 Å². The van der Waals surface area contributed by atoms with Crippen molar-refractivity contribution in [3.63, 3.8) is 0 Å². The number of carbonyl (C=O) groups is 2. The van der Waals surface area contributed by atoms with Crippen LogP contribution in [0.15, 0.2) is 48.5 Å². The Balaban J connectivity index is 1.51. The molecule has 1 heterocycles. The fourth-order valence-corrected chi connectivity index (χ4v) is 3.33. The van der Waals surface area contributed by atoms with E-state index in [2.05, 4.69) is 15.5 Å². The highest BCUT2D eigenvalue weighted by Gasteiger charge is 2.22. The summed E-state index contributed by atoms with van der Waals surface area (Å²) in [5, 5.41) is 16.7. The van der Waals surface area contributed by atoms with E-state index in [0.717, 1.165) is 12.1 Å². The molecule has 1 aliphatic rings. The van der Waals surface area contributed by atoms with Gasteiger partial charge in [0, 0.05) is 60.8 Å². The number of nitro groups is 1. The van der Waals surface area contributed by atoms with Gasteiger partial charge in [-0.1, -0.05) is 6.92 Å². The monoisotopic (exact) mass is 439 g/mol. The number of anilines is 2. The Morgan fingerprint density at radius 3 is 2.12 bits per heavy atom. The van der Waals surface area contributed by atoms with Gasteiger partial charge in [0.25, 0.3) is 11.6 Å². The molecular weight excluding hydrogens is 410 g/mol. The highest BCUT2D eigenvalue weighted by atomic mass is 16.6. The zero-order chi connectivity index (χ0) is 23.3. The summed E-state index contributed by atoms with van der Waals surface area (Å²) in [7, 11) is 0. The van der Waals surface area contributed by atoms with Crippen molar-refractivity contribution in [2.24, 2.45) is 0 Å². The zero-order valence-electron chi connectivity index (χ0n) is 18.6. The Labute approximate surface area is 187 Å². The first kappa shape index (κ1) is 23.1. The van der Waals surface area contributed by atoms with Crippen LogP contribution in [0.1, 0.15) is 37.6 Å². The first-order valence-corrected chi connectivity index (χ1v) is 10.7. The van der Waals surface area contributed by atoms with Crippen molar-refractivity contribution in [3.05, 3.63) is 64.2 Å². The van der Waals surface area contributed by atoms with Crippen LogP contribution in [0.25, 0.3) is 0 Å². The minimum absolute atomic E-state index is 0.0596.